The summed E-state index contributed by atoms with van der Waals surface area (Å²) in [5.74, 6) is 0.00948. The highest BCUT2D eigenvalue weighted by Gasteiger charge is 2.12. The summed E-state index contributed by atoms with van der Waals surface area (Å²) >= 11 is 5.84. The molecule has 0 unspecified atom stereocenters. The van der Waals surface area contributed by atoms with Gasteiger partial charge in [-0.1, -0.05) is 11.6 Å². The van der Waals surface area contributed by atoms with Crippen LogP contribution in [0, 0.1) is 0 Å². The minimum Gasteiger partial charge on any atom is -0.495 e. The van der Waals surface area contributed by atoms with Crippen molar-refractivity contribution in [3.8, 4) is 5.75 Å². The van der Waals surface area contributed by atoms with E-state index in [4.69, 9.17) is 22.1 Å². The lowest BCUT2D eigenvalue weighted by atomic mass is 10.2. The Balaban J connectivity index is 2.66. The number of nitrogens with two attached hydrogens (primary N) is 1. The molecule has 0 fully saturated rings. The van der Waals surface area contributed by atoms with Crippen LogP contribution in [0.15, 0.2) is 18.2 Å². The number of hydrogen-bond acceptors (Lipinski definition) is 3. The van der Waals surface area contributed by atoms with Crippen molar-refractivity contribution in [1.82, 2.24) is 5.32 Å². The molecule has 6 nitrogen and oxygen atoms in total. The van der Waals surface area contributed by atoms with Gasteiger partial charge in [0.05, 0.1) is 12.8 Å². The Bertz CT molecular complexity index is 479. The summed E-state index contributed by atoms with van der Waals surface area (Å²) in [7, 11) is 1.49. The first-order valence-electron chi connectivity index (χ1n) is 5.61. The van der Waals surface area contributed by atoms with Gasteiger partial charge in [-0.3, -0.25) is 4.79 Å². The molecule has 1 aromatic rings. The average Bonchev–Trinajstić information content (AvgIpc) is 2.27. The van der Waals surface area contributed by atoms with Crippen molar-refractivity contribution in [2.75, 3.05) is 12.4 Å². The molecular formula is C12H16ClN3O3. The van der Waals surface area contributed by atoms with Gasteiger partial charge in [0.25, 0.3) is 0 Å². The third-order valence-electron chi connectivity index (χ3n) is 2.29. The molecule has 1 rings (SSSR count). The molecule has 0 spiro atoms. The zero-order valence-corrected chi connectivity index (χ0v) is 11.5. The van der Waals surface area contributed by atoms with E-state index in [0.29, 0.717) is 16.5 Å². The van der Waals surface area contributed by atoms with Crippen molar-refractivity contribution >= 4 is 29.2 Å². The van der Waals surface area contributed by atoms with Gasteiger partial charge in [-0.2, -0.15) is 0 Å². The van der Waals surface area contributed by atoms with Crippen LogP contribution >= 0.6 is 11.6 Å². The predicted molar refractivity (Wildman–Crippen MR) is 73.4 cm³/mol. The minimum atomic E-state index is -0.479. The molecule has 19 heavy (non-hydrogen) atoms. The van der Waals surface area contributed by atoms with E-state index in [9.17, 15) is 9.59 Å². The van der Waals surface area contributed by atoms with Gasteiger partial charge in [0.1, 0.15) is 5.75 Å². The molecule has 0 bridgehead atoms. The molecule has 0 saturated carbocycles. The van der Waals surface area contributed by atoms with Gasteiger partial charge in [0, 0.05) is 17.5 Å². The Morgan fingerprint density at radius 1 is 1.47 bits per heavy atom. The number of ether oxygens (including phenoxy) is 1. The fourth-order valence-corrected chi connectivity index (χ4v) is 1.68. The largest absolute Gasteiger partial charge is 0.495 e. The van der Waals surface area contributed by atoms with Crippen LogP contribution < -0.4 is 21.1 Å². The van der Waals surface area contributed by atoms with E-state index in [2.05, 4.69) is 10.6 Å². The molecular weight excluding hydrogens is 270 g/mol. The standard InChI is InChI=1S/C12H16ClN3O3/c1-7(5-11(14)17)15-12(18)16-9-6-8(13)3-4-10(9)19-2/h3-4,6-7H,5H2,1-2H3,(H2,14,17)(H2,15,16,18)/t7-/m1/s1. The van der Waals surface area contributed by atoms with Crippen molar-refractivity contribution in [2.45, 2.75) is 19.4 Å². The van der Waals surface area contributed by atoms with Gasteiger partial charge in [-0.15, -0.1) is 0 Å². The SMILES string of the molecule is COc1ccc(Cl)cc1NC(=O)N[C@H](C)CC(N)=O. The molecule has 1 atom stereocenters. The fourth-order valence-electron chi connectivity index (χ4n) is 1.51. The number of urea groups is 1. The maximum absolute atomic E-state index is 11.7. The van der Waals surface area contributed by atoms with E-state index in [1.165, 1.54) is 7.11 Å². The number of hydrogen-bond donors (Lipinski definition) is 3. The lowest BCUT2D eigenvalue weighted by Crippen LogP contribution is -2.38. The first-order chi connectivity index (χ1) is 8.92. The molecule has 104 valence electrons. The molecule has 1 aromatic carbocycles. The summed E-state index contributed by atoms with van der Waals surface area (Å²) < 4.78 is 5.10. The molecule has 4 N–H and O–H groups in total. The summed E-state index contributed by atoms with van der Waals surface area (Å²) in [5.41, 5.74) is 5.48. The third-order valence-corrected chi connectivity index (χ3v) is 2.53. The van der Waals surface area contributed by atoms with Crippen LogP contribution in [0.25, 0.3) is 0 Å². The number of carbonyl (C=O) groups is 2. The van der Waals surface area contributed by atoms with Crippen LogP contribution in [-0.4, -0.2) is 25.1 Å². The fraction of sp³-hybridized carbons (Fsp3) is 0.333. The van der Waals surface area contributed by atoms with Gasteiger partial charge in [0.2, 0.25) is 5.91 Å². The average molecular weight is 286 g/mol. The molecule has 0 aliphatic carbocycles. The highest BCUT2D eigenvalue weighted by atomic mass is 35.5. The molecule has 0 aliphatic heterocycles. The van der Waals surface area contributed by atoms with E-state index in [-0.39, 0.29) is 12.5 Å². The Labute approximate surface area is 116 Å². The Kier molecular flexibility index (Phi) is 5.44. The number of rotatable bonds is 5. The van der Waals surface area contributed by atoms with Crippen LogP contribution in [0.2, 0.25) is 5.02 Å². The second kappa shape index (κ2) is 6.84. The first kappa shape index (κ1) is 15.1. The van der Waals surface area contributed by atoms with Crippen LogP contribution in [0.1, 0.15) is 13.3 Å². The number of primary amides is 1. The van der Waals surface area contributed by atoms with Gasteiger partial charge in [0.15, 0.2) is 0 Å². The molecule has 0 heterocycles. The van der Waals surface area contributed by atoms with E-state index in [1.54, 1.807) is 25.1 Å². The number of halogens is 1. The van der Waals surface area contributed by atoms with E-state index in [1.807, 2.05) is 0 Å². The van der Waals surface area contributed by atoms with Crippen LogP contribution in [-0.2, 0) is 4.79 Å². The lowest BCUT2D eigenvalue weighted by molar-refractivity contribution is -0.118. The predicted octanol–water partition coefficient (Wildman–Crippen LogP) is 1.73. The van der Waals surface area contributed by atoms with Gasteiger partial charge in [-0.25, -0.2) is 4.79 Å². The number of benzene rings is 1. The van der Waals surface area contributed by atoms with Gasteiger partial charge >= 0.3 is 6.03 Å². The van der Waals surface area contributed by atoms with Gasteiger partial charge in [-0.05, 0) is 25.1 Å². The quantitative estimate of drug-likeness (QED) is 0.769. The minimum absolute atomic E-state index is 0.0695. The van der Waals surface area contributed by atoms with Crippen molar-refractivity contribution in [3.63, 3.8) is 0 Å². The second-order valence-corrected chi connectivity index (χ2v) is 4.45. The second-order valence-electron chi connectivity index (χ2n) is 4.01. The van der Waals surface area contributed by atoms with Crippen LogP contribution in [0.5, 0.6) is 5.75 Å². The maximum atomic E-state index is 11.7. The zero-order chi connectivity index (χ0) is 14.4. The summed E-state index contributed by atoms with van der Waals surface area (Å²) in [6, 6.07) is 4.04. The Morgan fingerprint density at radius 2 is 2.16 bits per heavy atom. The highest BCUT2D eigenvalue weighted by molar-refractivity contribution is 6.31. The van der Waals surface area contributed by atoms with Crippen molar-refractivity contribution < 1.29 is 14.3 Å². The van der Waals surface area contributed by atoms with Crippen molar-refractivity contribution in [2.24, 2.45) is 5.73 Å². The topological polar surface area (TPSA) is 93.4 Å². The normalized spacial score (nSPS) is 11.5. The molecule has 0 radical (unpaired) electrons. The number of methoxy groups -OCH3 is 1. The third kappa shape index (κ3) is 5.05. The number of anilines is 1. The molecule has 7 heteroatoms. The molecule has 0 aromatic heterocycles. The molecule has 0 aliphatic rings. The Morgan fingerprint density at radius 3 is 2.74 bits per heavy atom. The molecule has 3 amide bonds. The summed E-state index contributed by atoms with van der Waals surface area (Å²) in [6.07, 6.45) is 0.0695. The number of carbonyl (C=O) groups excluding carboxylic acids is 2. The summed E-state index contributed by atoms with van der Waals surface area (Å²) in [4.78, 5) is 22.4. The van der Waals surface area contributed by atoms with E-state index in [0.717, 1.165) is 0 Å². The summed E-state index contributed by atoms with van der Waals surface area (Å²) in [5, 5.41) is 5.65. The maximum Gasteiger partial charge on any atom is 0.319 e. The monoisotopic (exact) mass is 285 g/mol. The first-order valence-corrected chi connectivity index (χ1v) is 5.99. The number of nitrogens with one attached hydrogen (secondary N) is 2. The zero-order valence-electron chi connectivity index (χ0n) is 10.7. The van der Waals surface area contributed by atoms with Crippen LogP contribution in [0.3, 0.4) is 0 Å². The van der Waals surface area contributed by atoms with Crippen molar-refractivity contribution in [1.29, 1.82) is 0 Å². The smallest absolute Gasteiger partial charge is 0.319 e. The lowest BCUT2D eigenvalue weighted by Gasteiger charge is -2.14. The van der Waals surface area contributed by atoms with Gasteiger partial charge < -0.3 is 21.1 Å². The highest BCUT2D eigenvalue weighted by Crippen LogP contribution is 2.27. The van der Waals surface area contributed by atoms with Crippen LogP contribution in [0.4, 0.5) is 10.5 Å². The molecule has 0 saturated heterocycles. The summed E-state index contributed by atoms with van der Waals surface area (Å²) in [6.45, 7) is 1.68. The van der Waals surface area contributed by atoms with E-state index < -0.39 is 11.9 Å². The Hall–Kier alpha value is -1.95. The number of amides is 3. The van der Waals surface area contributed by atoms with E-state index >= 15 is 0 Å². The van der Waals surface area contributed by atoms with Crippen molar-refractivity contribution in [3.05, 3.63) is 23.2 Å².